The van der Waals surface area contributed by atoms with Crippen LogP contribution in [-0.2, 0) is 16.6 Å². The lowest BCUT2D eigenvalue weighted by molar-refractivity contribution is -0.131. The van der Waals surface area contributed by atoms with Gasteiger partial charge in [-0.25, -0.2) is 4.79 Å². The van der Waals surface area contributed by atoms with Gasteiger partial charge in [0, 0.05) is 46.9 Å². The fourth-order valence-corrected chi connectivity index (χ4v) is 7.13. The number of aryl methyl sites for hydroxylation is 1. The molecule has 46 heavy (non-hydrogen) atoms. The molecule has 0 radical (unpaired) electrons. The smallest absolute Gasteiger partial charge is 0.328 e. The summed E-state index contributed by atoms with van der Waals surface area (Å²) in [4.78, 5) is 42.5. The maximum Gasteiger partial charge on any atom is 0.328 e. The number of pyridine rings is 1. The highest BCUT2D eigenvalue weighted by molar-refractivity contribution is 6.06. The zero-order valence-electron chi connectivity index (χ0n) is 25.8. The largest absolute Gasteiger partial charge is 0.478 e. The Kier molecular flexibility index (Phi) is 7.64. The summed E-state index contributed by atoms with van der Waals surface area (Å²) in [7, 11) is 2.08. The molecule has 0 saturated heterocycles. The molecule has 8 nitrogen and oxygen atoms in total. The second kappa shape index (κ2) is 11.9. The summed E-state index contributed by atoms with van der Waals surface area (Å²) in [6.45, 7) is 0. The number of nitrogens with zero attached hydrogens (tertiary/aromatic N) is 2. The molecular formula is C38H36N4O4. The molecule has 2 aliphatic rings. The number of rotatable bonds is 8. The predicted octanol–water partition coefficient (Wildman–Crippen LogP) is 7.44. The van der Waals surface area contributed by atoms with Gasteiger partial charge in [0.05, 0.1) is 11.2 Å². The zero-order chi connectivity index (χ0) is 31.8. The van der Waals surface area contributed by atoms with E-state index in [0.29, 0.717) is 35.6 Å². The summed E-state index contributed by atoms with van der Waals surface area (Å²) >= 11 is 0. The molecule has 232 valence electrons. The van der Waals surface area contributed by atoms with Gasteiger partial charge in [0.15, 0.2) is 0 Å². The van der Waals surface area contributed by atoms with E-state index in [2.05, 4.69) is 57.6 Å². The predicted molar refractivity (Wildman–Crippen MR) is 181 cm³/mol. The van der Waals surface area contributed by atoms with Crippen molar-refractivity contribution in [3.05, 3.63) is 102 Å². The summed E-state index contributed by atoms with van der Waals surface area (Å²) in [5, 5.41) is 17.1. The Balaban J connectivity index is 1.17. The number of aliphatic carboxylic acids is 1. The summed E-state index contributed by atoms with van der Waals surface area (Å²) < 4.78 is 2.22. The highest BCUT2D eigenvalue weighted by atomic mass is 16.4. The van der Waals surface area contributed by atoms with Crippen molar-refractivity contribution in [2.45, 2.75) is 56.4 Å². The fraction of sp³-hybridized carbons (Fsp3) is 0.263. The van der Waals surface area contributed by atoms with E-state index in [-0.39, 0.29) is 11.8 Å². The number of hydrogen-bond donors (Lipinski definition) is 3. The van der Waals surface area contributed by atoms with E-state index < -0.39 is 11.5 Å². The van der Waals surface area contributed by atoms with Gasteiger partial charge in [-0.2, -0.15) is 0 Å². The van der Waals surface area contributed by atoms with Crippen molar-refractivity contribution in [2.75, 3.05) is 5.32 Å². The van der Waals surface area contributed by atoms with Crippen molar-refractivity contribution >= 4 is 51.4 Å². The SMILES string of the molecule is Cn1c(-c2ccc3ncccc3c2)c(C2CCCC2)c2ccc(C(=O)NC3(C(=O)Nc4ccc(/C=C/C(=O)O)cc4)CCC3)cc21. The highest BCUT2D eigenvalue weighted by Gasteiger charge is 2.45. The Labute approximate surface area is 267 Å². The number of benzene rings is 3. The fourth-order valence-electron chi connectivity index (χ4n) is 7.13. The van der Waals surface area contributed by atoms with Crippen LogP contribution in [0.1, 0.15) is 72.3 Å². The van der Waals surface area contributed by atoms with Crippen molar-refractivity contribution in [3.63, 3.8) is 0 Å². The number of carboxylic acids is 1. The molecule has 5 aromatic rings. The molecular weight excluding hydrogens is 576 g/mol. The Bertz CT molecular complexity index is 2010. The third-order valence-electron chi connectivity index (χ3n) is 9.72. The molecule has 2 amide bonds. The van der Waals surface area contributed by atoms with Gasteiger partial charge in [-0.15, -0.1) is 0 Å². The van der Waals surface area contributed by atoms with Crippen molar-refractivity contribution in [1.29, 1.82) is 0 Å². The van der Waals surface area contributed by atoms with E-state index in [1.165, 1.54) is 35.6 Å². The lowest BCUT2D eigenvalue weighted by Crippen LogP contribution is -2.61. The van der Waals surface area contributed by atoms with Gasteiger partial charge in [-0.1, -0.05) is 43.2 Å². The summed E-state index contributed by atoms with van der Waals surface area (Å²) in [6, 6.07) is 23.3. The number of hydrogen-bond acceptors (Lipinski definition) is 4. The van der Waals surface area contributed by atoms with Crippen LogP contribution >= 0.6 is 0 Å². The van der Waals surface area contributed by atoms with E-state index in [4.69, 9.17) is 5.11 Å². The molecule has 0 aliphatic heterocycles. The molecule has 8 heteroatoms. The van der Waals surface area contributed by atoms with Crippen LogP contribution < -0.4 is 10.6 Å². The first-order valence-electron chi connectivity index (χ1n) is 15.9. The molecule has 2 aromatic heterocycles. The lowest BCUT2D eigenvalue weighted by atomic mass is 9.75. The minimum absolute atomic E-state index is 0.252. The minimum Gasteiger partial charge on any atom is -0.478 e. The number of amides is 2. The van der Waals surface area contributed by atoms with E-state index in [9.17, 15) is 14.4 Å². The monoisotopic (exact) mass is 612 g/mol. The molecule has 7 rings (SSSR count). The first kappa shape index (κ1) is 29.5. The maximum atomic E-state index is 13.7. The Hall–Kier alpha value is -5.24. The zero-order valence-corrected chi connectivity index (χ0v) is 25.8. The number of nitrogens with one attached hydrogen (secondary N) is 2. The molecule has 2 aliphatic carbocycles. The Morgan fingerprint density at radius 1 is 0.957 bits per heavy atom. The lowest BCUT2D eigenvalue weighted by Gasteiger charge is -2.40. The molecule has 0 spiro atoms. The van der Waals surface area contributed by atoms with Gasteiger partial charge in [0.25, 0.3) is 5.91 Å². The van der Waals surface area contributed by atoms with Crippen molar-refractivity contribution < 1.29 is 19.5 Å². The molecule has 0 atom stereocenters. The number of aromatic nitrogens is 2. The molecule has 0 bridgehead atoms. The van der Waals surface area contributed by atoms with Crippen LogP contribution in [0, 0.1) is 0 Å². The Morgan fingerprint density at radius 3 is 2.46 bits per heavy atom. The number of carbonyl (C=O) groups is 3. The number of carbonyl (C=O) groups excluding carboxylic acids is 2. The molecule has 0 unspecified atom stereocenters. The number of anilines is 1. The van der Waals surface area contributed by atoms with Gasteiger partial charge in [0.2, 0.25) is 5.91 Å². The van der Waals surface area contributed by atoms with Gasteiger partial charge < -0.3 is 20.3 Å². The molecule has 3 N–H and O–H groups in total. The second-order valence-electron chi connectivity index (χ2n) is 12.6. The van der Waals surface area contributed by atoms with Gasteiger partial charge >= 0.3 is 5.97 Å². The molecule has 2 saturated carbocycles. The van der Waals surface area contributed by atoms with Crippen molar-refractivity contribution in [2.24, 2.45) is 7.05 Å². The van der Waals surface area contributed by atoms with E-state index >= 15 is 0 Å². The first-order valence-corrected chi connectivity index (χ1v) is 15.9. The average Bonchev–Trinajstić information content (AvgIpc) is 3.68. The number of fused-ring (bicyclic) bond motifs is 2. The topological polar surface area (TPSA) is 113 Å². The van der Waals surface area contributed by atoms with Crippen molar-refractivity contribution in [1.82, 2.24) is 14.9 Å². The molecule has 2 heterocycles. The molecule has 3 aromatic carbocycles. The standard InChI is InChI=1S/C38H36N4O4/c1-42-32-23-28(36(45)41-38(19-5-20-38)37(46)40-29-14-9-24(10-15-29)11-18-33(43)44)12-16-30(32)34(25-6-2-3-7-25)35(42)27-13-17-31-26(22-27)8-4-21-39-31/h4,8-18,21-23,25H,2-3,5-7,19-20H2,1H3,(H,40,46)(H,41,45)(H,43,44)/b18-11+. The van der Waals surface area contributed by atoms with Crippen molar-refractivity contribution in [3.8, 4) is 11.3 Å². The normalized spacial score (nSPS) is 16.1. The van der Waals surface area contributed by atoms with Crippen LogP contribution in [0.4, 0.5) is 5.69 Å². The first-order chi connectivity index (χ1) is 22.3. The summed E-state index contributed by atoms with van der Waals surface area (Å²) in [5.74, 6) is -1.08. The highest BCUT2D eigenvalue weighted by Crippen LogP contribution is 2.45. The van der Waals surface area contributed by atoms with E-state index in [1.54, 1.807) is 24.3 Å². The van der Waals surface area contributed by atoms with E-state index in [0.717, 1.165) is 47.3 Å². The third kappa shape index (κ3) is 5.44. The van der Waals surface area contributed by atoms with E-state index in [1.807, 2.05) is 24.4 Å². The van der Waals surface area contributed by atoms with Gasteiger partial charge in [-0.05, 0) is 103 Å². The van der Waals surface area contributed by atoms with Crippen LogP contribution in [0.2, 0.25) is 0 Å². The second-order valence-corrected chi connectivity index (χ2v) is 12.6. The number of carboxylic acid groups (broad SMARTS) is 1. The molecule has 2 fully saturated rings. The van der Waals surface area contributed by atoms with Crippen LogP contribution in [0.25, 0.3) is 39.1 Å². The Morgan fingerprint density at radius 2 is 1.74 bits per heavy atom. The maximum absolute atomic E-state index is 13.7. The van der Waals surface area contributed by atoms with Crippen LogP contribution in [0.15, 0.2) is 85.1 Å². The average molecular weight is 613 g/mol. The summed E-state index contributed by atoms with van der Waals surface area (Å²) in [5.41, 5.74) is 6.47. The van der Waals surface area contributed by atoms with Crippen LogP contribution in [-0.4, -0.2) is 38.0 Å². The quantitative estimate of drug-likeness (QED) is 0.158. The van der Waals surface area contributed by atoms with Gasteiger partial charge in [-0.3, -0.25) is 14.6 Å². The van der Waals surface area contributed by atoms with Gasteiger partial charge in [0.1, 0.15) is 5.54 Å². The van der Waals surface area contributed by atoms with Crippen LogP contribution in [0.3, 0.4) is 0 Å². The van der Waals surface area contributed by atoms with Crippen LogP contribution in [0.5, 0.6) is 0 Å². The minimum atomic E-state index is -1.02. The third-order valence-corrected chi connectivity index (χ3v) is 9.72. The summed E-state index contributed by atoms with van der Waals surface area (Å²) in [6.07, 6.45) is 11.1.